The van der Waals surface area contributed by atoms with Crippen molar-refractivity contribution in [2.75, 3.05) is 13.1 Å². The molecule has 1 unspecified atom stereocenters. The molecule has 0 bridgehead atoms. The van der Waals surface area contributed by atoms with Gasteiger partial charge < -0.3 is 9.64 Å². The first-order valence-corrected chi connectivity index (χ1v) is 8.29. The number of nitrogens with zero attached hydrogens (tertiary/aromatic N) is 1. The molecule has 0 N–H and O–H groups in total. The summed E-state index contributed by atoms with van der Waals surface area (Å²) in [6, 6.07) is 12.1. The molecule has 1 atom stereocenters. The van der Waals surface area contributed by atoms with Crippen LogP contribution in [0.4, 0.5) is 0 Å². The highest BCUT2D eigenvalue weighted by molar-refractivity contribution is 14.1. The molecule has 0 aliphatic heterocycles. The maximum absolute atomic E-state index is 12.3. The Bertz CT molecular complexity index is 638. The number of carbonyl (C=O) groups is 1. The lowest BCUT2D eigenvalue weighted by molar-refractivity contribution is -0.137. The largest absolute Gasteiger partial charge is 0.480 e. The van der Waals surface area contributed by atoms with Gasteiger partial charge in [0.15, 0.2) is 6.10 Å². The van der Waals surface area contributed by atoms with Crippen LogP contribution >= 0.6 is 22.6 Å². The number of hydrogen-bond donors (Lipinski definition) is 0. The number of fused-ring (bicyclic) bond motifs is 1. The van der Waals surface area contributed by atoms with Crippen molar-refractivity contribution in [3.05, 3.63) is 40.0 Å². The van der Waals surface area contributed by atoms with Gasteiger partial charge in [0.05, 0.1) is 0 Å². The van der Waals surface area contributed by atoms with Crippen LogP contribution in [0.15, 0.2) is 36.4 Å². The van der Waals surface area contributed by atoms with Gasteiger partial charge in [-0.25, -0.2) is 0 Å². The number of amides is 1. The third kappa shape index (κ3) is 3.48. The molecular weight excluding hydrogens is 377 g/mol. The zero-order valence-corrected chi connectivity index (χ0v) is 14.8. The minimum Gasteiger partial charge on any atom is -0.480 e. The highest BCUT2D eigenvalue weighted by Crippen LogP contribution is 2.30. The smallest absolute Gasteiger partial charge is 0.263 e. The Kier molecular flexibility index (Phi) is 5.45. The summed E-state index contributed by atoms with van der Waals surface area (Å²) in [4.78, 5) is 14.1. The molecule has 0 aliphatic carbocycles. The second-order valence-electron chi connectivity index (χ2n) is 4.86. The van der Waals surface area contributed by atoms with E-state index < -0.39 is 6.10 Å². The molecule has 0 radical (unpaired) electrons. The number of ether oxygens (including phenoxy) is 1. The van der Waals surface area contributed by atoms with E-state index in [4.69, 9.17) is 4.74 Å². The molecule has 0 aromatic heterocycles. The van der Waals surface area contributed by atoms with Crippen molar-refractivity contribution in [2.24, 2.45) is 0 Å². The van der Waals surface area contributed by atoms with Crippen LogP contribution in [-0.2, 0) is 4.79 Å². The molecule has 2 aromatic rings. The fourth-order valence-corrected chi connectivity index (χ4v) is 3.02. The second-order valence-corrected chi connectivity index (χ2v) is 6.02. The molecule has 0 aliphatic rings. The van der Waals surface area contributed by atoms with Crippen LogP contribution in [0, 0.1) is 3.57 Å². The van der Waals surface area contributed by atoms with Gasteiger partial charge in [0.25, 0.3) is 5.91 Å². The molecule has 2 aromatic carbocycles. The molecule has 2 rings (SSSR count). The summed E-state index contributed by atoms with van der Waals surface area (Å²) in [7, 11) is 0. The molecule has 3 nitrogen and oxygen atoms in total. The molecule has 21 heavy (non-hydrogen) atoms. The van der Waals surface area contributed by atoms with Crippen LogP contribution < -0.4 is 4.74 Å². The van der Waals surface area contributed by atoms with E-state index in [1.165, 1.54) is 3.57 Å². The van der Waals surface area contributed by atoms with Crippen LogP contribution in [0.2, 0.25) is 0 Å². The first-order valence-electron chi connectivity index (χ1n) is 7.21. The quantitative estimate of drug-likeness (QED) is 0.712. The van der Waals surface area contributed by atoms with E-state index in [0.29, 0.717) is 13.1 Å². The highest BCUT2D eigenvalue weighted by Gasteiger charge is 2.20. The first-order chi connectivity index (χ1) is 10.1. The Morgan fingerprint density at radius 2 is 1.76 bits per heavy atom. The van der Waals surface area contributed by atoms with E-state index in [1.54, 1.807) is 4.90 Å². The fourth-order valence-electron chi connectivity index (χ4n) is 2.37. The molecule has 0 heterocycles. The predicted octanol–water partition coefficient (Wildman–Crippen LogP) is 4.08. The Morgan fingerprint density at radius 1 is 1.14 bits per heavy atom. The van der Waals surface area contributed by atoms with Gasteiger partial charge in [0.1, 0.15) is 5.75 Å². The zero-order valence-electron chi connectivity index (χ0n) is 12.6. The molecule has 1 amide bonds. The molecular formula is C17H20INO2. The van der Waals surface area contributed by atoms with Gasteiger partial charge in [-0.2, -0.15) is 0 Å². The zero-order chi connectivity index (χ0) is 15.4. The number of carbonyl (C=O) groups excluding carboxylic acids is 1. The average Bonchev–Trinajstić information content (AvgIpc) is 2.51. The summed E-state index contributed by atoms with van der Waals surface area (Å²) in [5.74, 6) is 0.793. The SMILES string of the molecule is CCN(CC)C(=O)C(C)Oc1ccc(I)c2ccccc12. The topological polar surface area (TPSA) is 29.5 Å². The van der Waals surface area contributed by atoms with Gasteiger partial charge in [-0.05, 0) is 60.9 Å². The summed E-state index contributed by atoms with van der Waals surface area (Å²) in [5, 5.41) is 2.20. The molecule has 0 saturated carbocycles. The standard InChI is InChI=1S/C17H20INO2/c1-4-19(5-2)17(20)12(3)21-16-11-10-15(18)13-8-6-7-9-14(13)16/h6-12H,4-5H2,1-3H3. The molecule has 0 saturated heterocycles. The number of likely N-dealkylation sites (N-methyl/N-ethyl adjacent to an activating group) is 1. The van der Waals surface area contributed by atoms with Gasteiger partial charge in [-0.15, -0.1) is 0 Å². The maximum atomic E-state index is 12.3. The molecule has 4 heteroatoms. The van der Waals surface area contributed by atoms with Crippen molar-refractivity contribution in [3.63, 3.8) is 0 Å². The van der Waals surface area contributed by atoms with Crippen LogP contribution in [-0.4, -0.2) is 30.0 Å². The van der Waals surface area contributed by atoms with Gasteiger partial charge in [0, 0.05) is 22.0 Å². The van der Waals surface area contributed by atoms with E-state index in [0.717, 1.165) is 16.5 Å². The van der Waals surface area contributed by atoms with Crippen LogP contribution in [0.25, 0.3) is 10.8 Å². The second kappa shape index (κ2) is 7.11. The molecule has 0 spiro atoms. The number of halogens is 1. The van der Waals surface area contributed by atoms with Crippen LogP contribution in [0.3, 0.4) is 0 Å². The van der Waals surface area contributed by atoms with Crippen molar-refractivity contribution >= 4 is 39.3 Å². The Labute approximate surface area is 139 Å². The van der Waals surface area contributed by atoms with Crippen molar-refractivity contribution < 1.29 is 9.53 Å². The van der Waals surface area contributed by atoms with Gasteiger partial charge in [-0.1, -0.05) is 24.3 Å². The lowest BCUT2D eigenvalue weighted by atomic mass is 10.1. The number of hydrogen-bond acceptors (Lipinski definition) is 2. The molecule has 0 fully saturated rings. The minimum absolute atomic E-state index is 0.0302. The Morgan fingerprint density at radius 3 is 2.38 bits per heavy atom. The van der Waals surface area contributed by atoms with Crippen molar-refractivity contribution in [1.29, 1.82) is 0 Å². The van der Waals surface area contributed by atoms with E-state index in [-0.39, 0.29) is 5.91 Å². The third-order valence-electron chi connectivity index (χ3n) is 3.56. The maximum Gasteiger partial charge on any atom is 0.263 e. The van der Waals surface area contributed by atoms with E-state index in [2.05, 4.69) is 28.7 Å². The van der Waals surface area contributed by atoms with Gasteiger partial charge in [-0.3, -0.25) is 4.79 Å². The third-order valence-corrected chi connectivity index (χ3v) is 4.50. The monoisotopic (exact) mass is 397 g/mol. The minimum atomic E-state index is -0.478. The lowest BCUT2D eigenvalue weighted by Crippen LogP contribution is -2.40. The van der Waals surface area contributed by atoms with Crippen LogP contribution in [0.1, 0.15) is 20.8 Å². The van der Waals surface area contributed by atoms with Gasteiger partial charge in [0.2, 0.25) is 0 Å². The summed E-state index contributed by atoms with van der Waals surface area (Å²) < 4.78 is 7.11. The van der Waals surface area contributed by atoms with Crippen molar-refractivity contribution in [1.82, 2.24) is 4.90 Å². The predicted molar refractivity (Wildman–Crippen MR) is 94.7 cm³/mol. The summed E-state index contributed by atoms with van der Waals surface area (Å²) in [6.45, 7) is 7.18. The fraction of sp³-hybridized carbons (Fsp3) is 0.353. The molecule has 112 valence electrons. The number of benzene rings is 2. The van der Waals surface area contributed by atoms with Gasteiger partial charge >= 0.3 is 0 Å². The lowest BCUT2D eigenvalue weighted by Gasteiger charge is -2.24. The van der Waals surface area contributed by atoms with Crippen molar-refractivity contribution in [2.45, 2.75) is 26.9 Å². The summed E-state index contributed by atoms with van der Waals surface area (Å²) in [5.41, 5.74) is 0. The number of rotatable bonds is 5. The van der Waals surface area contributed by atoms with E-state index in [9.17, 15) is 4.79 Å². The normalized spacial score (nSPS) is 12.2. The summed E-state index contributed by atoms with van der Waals surface area (Å²) >= 11 is 2.31. The van der Waals surface area contributed by atoms with E-state index in [1.807, 2.05) is 51.1 Å². The Hall–Kier alpha value is -1.30. The first kappa shape index (κ1) is 16.1. The Balaban J connectivity index is 2.28. The van der Waals surface area contributed by atoms with Crippen molar-refractivity contribution in [3.8, 4) is 5.75 Å². The summed E-state index contributed by atoms with van der Waals surface area (Å²) in [6.07, 6.45) is -0.478. The average molecular weight is 397 g/mol. The highest BCUT2D eigenvalue weighted by atomic mass is 127. The van der Waals surface area contributed by atoms with Crippen LogP contribution in [0.5, 0.6) is 5.75 Å². The van der Waals surface area contributed by atoms with E-state index >= 15 is 0 Å².